The summed E-state index contributed by atoms with van der Waals surface area (Å²) in [5.41, 5.74) is 0.837. The number of carbonyl (C=O) groups excluding carboxylic acids is 1. The fourth-order valence-electron chi connectivity index (χ4n) is 4.90. The van der Waals surface area contributed by atoms with Crippen molar-refractivity contribution in [1.82, 2.24) is 19.7 Å². The van der Waals surface area contributed by atoms with E-state index in [4.69, 9.17) is 11.6 Å². The summed E-state index contributed by atoms with van der Waals surface area (Å²) in [5, 5.41) is 12.9. The van der Waals surface area contributed by atoms with Crippen LogP contribution in [0.4, 0.5) is 5.69 Å². The lowest BCUT2D eigenvalue weighted by molar-refractivity contribution is -0.117. The van der Waals surface area contributed by atoms with E-state index in [0.29, 0.717) is 17.5 Å². The minimum absolute atomic E-state index is 0.0184. The van der Waals surface area contributed by atoms with Gasteiger partial charge in [0.1, 0.15) is 11.6 Å². The van der Waals surface area contributed by atoms with Crippen LogP contribution in [0.1, 0.15) is 49.7 Å². The van der Waals surface area contributed by atoms with E-state index in [0.717, 1.165) is 66.0 Å². The number of fused-ring (bicyclic) bond motifs is 1. The predicted octanol–water partition coefficient (Wildman–Crippen LogP) is 5.63. The Kier molecular flexibility index (Phi) is 7.52. The summed E-state index contributed by atoms with van der Waals surface area (Å²) in [5.74, 6) is 2.61. The molecule has 0 aliphatic carbocycles. The second kappa shape index (κ2) is 10.9. The number of piperidine rings is 1. The van der Waals surface area contributed by atoms with E-state index in [9.17, 15) is 4.79 Å². The molecule has 2 aliphatic heterocycles. The van der Waals surface area contributed by atoms with Crippen molar-refractivity contribution in [2.45, 2.75) is 60.8 Å². The average Bonchev–Trinajstić information content (AvgIpc) is 3.10. The monoisotopic (exact) mass is 495 g/mol. The molecule has 5 rings (SSSR count). The first kappa shape index (κ1) is 23.4. The quantitative estimate of drug-likeness (QED) is 0.480. The largest absolute Gasteiger partial charge is 0.324 e. The molecule has 0 saturated carbocycles. The number of hydrogen-bond acceptors (Lipinski definition) is 5. The first-order valence-corrected chi connectivity index (χ1v) is 13.3. The number of amides is 1. The zero-order valence-electron chi connectivity index (χ0n) is 19.3. The Morgan fingerprint density at radius 3 is 2.76 bits per heavy atom. The number of benzene rings is 2. The molecule has 6 nitrogen and oxygen atoms in total. The number of aryl methyl sites for hydroxylation is 1. The number of likely N-dealkylation sites (tertiary alicyclic amines) is 1. The third-order valence-corrected chi connectivity index (χ3v) is 7.91. The van der Waals surface area contributed by atoms with Gasteiger partial charge in [0.2, 0.25) is 5.91 Å². The number of rotatable bonds is 6. The van der Waals surface area contributed by atoms with Gasteiger partial charge in [0.25, 0.3) is 0 Å². The SMILES string of the molecule is O=C(CN1CCC[C@@H](c2nnc3n2CCCCC3)C1)Nc1ccccc1Sc1ccc(Cl)cc1. The fourth-order valence-corrected chi connectivity index (χ4v) is 5.93. The first-order chi connectivity index (χ1) is 16.7. The molecule has 0 bridgehead atoms. The molecule has 1 aromatic heterocycles. The summed E-state index contributed by atoms with van der Waals surface area (Å²) in [6, 6.07) is 15.7. The molecule has 3 heterocycles. The zero-order valence-corrected chi connectivity index (χ0v) is 20.8. The molecular weight excluding hydrogens is 466 g/mol. The first-order valence-electron chi connectivity index (χ1n) is 12.1. The summed E-state index contributed by atoms with van der Waals surface area (Å²) >= 11 is 7.63. The molecule has 2 aliphatic rings. The van der Waals surface area contributed by atoms with E-state index >= 15 is 0 Å². The number of hydrogen-bond donors (Lipinski definition) is 1. The molecule has 1 N–H and O–H groups in total. The molecule has 0 unspecified atom stereocenters. The maximum atomic E-state index is 13.0. The Bertz CT molecular complexity index is 1130. The smallest absolute Gasteiger partial charge is 0.238 e. The number of nitrogens with one attached hydrogen (secondary N) is 1. The number of aromatic nitrogens is 3. The van der Waals surface area contributed by atoms with E-state index in [1.807, 2.05) is 48.5 Å². The van der Waals surface area contributed by atoms with Crippen molar-refractivity contribution >= 4 is 35.0 Å². The summed E-state index contributed by atoms with van der Waals surface area (Å²) in [4.78, 5) is 17.3. The summed E-state index contributed by atoms with van der Waals surface area (Å²) in [6.07, 6.45) is 6.87. The van der Waals surface area contributed by atoms with Crippen molar-refractivity contribution in [3.05, 3.63) is 65.2 Å². The van der Waals surface area contributed by atoms with Gasteiger partial charge in [-0.15, -0.1) is 10.2 Å². The highest BCUT2D eigenvalue weighted by atomic mass is 35.5. The van der Waals surface area contributed by atoms with Gasteiger partial charge in [-0.05, 0) is 68.6 Å². The number of halogens is 1. The molecule has 34 heavy (non-hydrogen) atoms. The topological polar surface area (TPSA) is 63.1 Å². The molecule has 8 heteroatoms. The number of anilines is 1. The minimum Gasteiger partial charge on any atom is -0.324 e. The van der Waals surface area contributed by atoms with Crippen molar-refractivity contribution in [2.24, 2.45) is 0 Å². The minimum atomic E-state index is 0.0184. The van der Waals surface area contributed by atoms with E-state index in [-0.39, 0.29) is 5.91 Å². The maximum absolute atomic E-state index is 13.0. The van der Waals surface area contributed by atoms with E-state index in [2.05, 4.69) is 25.0 Å². The predicted molar refractivity (Wildman–Crippen MR) is 137 cm³/mol. The summed E-state index contributed by atoms with van der Waals surface area (Å²) < 4.78 is 2.35. The highest BCUT2D eigenvalue weighted by Gasteiger charge is 2.28. The molecular formula is C26H30ClN5OS. The van der Waals surface area contributed by atoms with Crippen LogP contribution in [-0.4, -0.2) is 45.2 Å². The van der Waals surface area contributed by atoms with Crippen molar-refractivity contribution in [3.63, 3.8) is 0 Å². The van der Waals surface area contributed by atoms with Crippen LogP contribution in [-0.2, 0) is 17.8 Å². The molecule has 2 aromatic carbocycles. The van der Waals surface area contributed by atoms with Gasteiger partial charge >= 0.3 is 0 Å². The molecule has 3 aromatic rings. The Morgan fingerprint density at radius 2 is 1.88 bits per heavy atom. The molecule has 1 saturated heterocycles. The van der Waals surface area contributed by atoms with Crippen molar-refractivity contribution in [3.8, 4) is 0 Å². The lowest BCUT2D eigenvalue weighted by Crippen LogP contribution is -2.40. The van der Waals surface area contributed by atoms with E-state index < -0.39 is 0 Å². The van der Waals surface area contributed by atoms with Crippen molar-refractivity contribution in [2.75, 3.05) is 25.0 Å². The molecule has 1 atom stereocenters. The molecule has 178 valence electrons. The Balaban J connectivity index is 1.22. The van der Waals surface area contributed by atoms with Crippen LogP contribution >= 0.6 is 23.4 Å². The van der Waals surface area contributed by atoms with Crippen molar-refractivity contribution < 1.29 is 4.79 Å². The Hall–Kier alpha value is -2.35. The van der Waals surface area contributed by atoms with Crippen LogP contribution in [0.25, 0.3) is 0 Å². The van der Waals surface area contributed by atoms with Gasteiger partial charge < -0.3 is 9.88 Å². The summed E-state index contributed by atoms with van der Waals surface area (Å²) in [7, 11) is 0. The zero-order chi connectivity index (χ0) is 23.3. The van der Waals surface area contributed by atoms with Crippen LogP contribution < -0.4 is 5.32 Å². The number of nitrogens with zero attached hydrogens (tertiary/aromatic N) is 4. The van der Waals surface area contributed by atoms with Crippen molar-refractivity contribution in [1.29, 1.82) is 0 Å². The maximum Gasteiger partial charge on any atom is 0.238 e. The standard InChI is InChI=1S/C26H30ClN5OS/c27-20-11-13-21(14-12-20)34-23-9-4-3-8-22(23)28-25(33)18-31-15-6-7-19(17-31)26-30-29-24-10-2-1-5-16-32(24)26/h3-4,8-9,11-14,19H,1-2,5-7,10,15-18H2,(H,28,33)/t19-/m1/s1. The van der Waals surface area contributed by atoms with Crippen LogP contribution in [0, 0.1) is 0 Å². The number of carbonyl (C=O) groups is 1. The van der Waals surface area contributed by atoms with Crippen LogP contribution in [0.2, 0.25) is 5.02 Å². The third kappa shape index (κ3) is 5.65. The Labute approximate surface area is 210 Å². The third-order valence-electron chi connectivity index (χ3n) is 6.58. The highest BCUT2D eigenvalue weighted by molar-refractivity contribution is 7.99. The van der Waals surface area contributed by atoms with Gasteiger partial charge in [-0.3, -0.25) is 9.69 Å². The van der Waals surface area contributed by atoms with Crippen LogP contribution in [0.15, 0.2) is 58.3 Å². The number of para-hydroxylation sites is 1. The van der Waals surface area contributed by atoms with Gasteiger partial charge in [-0.1, -0.05) is 41.9 Å². The van der Waals surface area contributed by atoms with Gasteiger partial charge in [0, 0.05) is 40.2 Å². The fraction of sp³-hybridized carbons (Fsp3) is 0.423. The molecule has 0 spiro atoms. The van der Waals surface area contributed by atoms with Gasteiger partial charge in [-0.25, -0.2) is 0 Å². The second-order valence-corrected chi connectivity index (χ2v) is 10.7. The lowest BCUT2D eigenvalue weighted by atomic mass is 9.97. The van der Waals surface area contributed by atoms with E-state index in [1.54, 1.807) is 11.8 Å². The average molecular weight is 496 g/mol. The van der Waals surface area contributed by atoms with Crippen LogP contribution in [0.5, 0.6) is 0 Å². The molecule has 0 radical (unpaired) electrons. The normalized spacial score (nSPS) is 18.8. The summed E-state index contributed by atoms with van der Waals surface area (Å²) in [6.45, 7) is 3.20. The van der Waals surface area contributed by atoms with Gasteiger partial charge in [-0.2, -0.15) is 0 Å². The highest BCUT2D eigenvalue weighted by Crippen LogP contribution is 2.34. The van der Waals surface area contributed by atoms with Crippen LogP contribution in [0.3, 0.4) is 0 Å². The molecule has 1 fully saturated rings. The van der Waals surface area contributed by atoms with Gasteiger partial charge in [0.15, 0.2) is 0 Å². The Morgan fingerprint density at radius 1 is 1.03 bits per heavy atom. The van der Waals surface area contributed by atoms with Gasteiger partial charge in [0.05, 0.1) is 12.2 Å². The lowest BCUT2D eigenvalue weighted by Gasteiger charge is -2.32. The van der Waals surface area contributed by atoms with E-state index in [1.165, 1.54) is 19.3 Å². The molecule has 1 amide bonds. The second-order valence-electron chi connectivity index (χ2n) is 9.11.